The average molecular weight is 179 g/mol. The van der Waals surface area contributed by atoms with Crippen LogP contribution in [0.2, 0.25) is 0 Å². The molecular formula is C8H9N3O2. The molecule has 68 valence electrons. The summed E-state index contributed by atoms with van der Waals surface area (Å²) in [6, 6.07) is 1.15. The van der Waals surface area contributed by atoms with Gasteiger partial charge < -0.3 is 10.1 Å². The highest BCUT2D eigenvalue weighted by molar-refractivity contribution is 5.84. The molecule has 0 radical (unpaired) electrons. The van der Waals surface area contributed by atoms with Crippen LogP contribution in [0, 0.1) is 6.92 Å². The number of aromatic nitrogens is 3. The van der Waals surface area contributed by atoms with Gasteiger partial charge in [-0.05, 0) is 6.92 Å². The van der Waals surface area contributed by atoms with Crippen molar-refractivity contribution in [2.45, 2.75) is 6.92 Å². The summed E-state index contributed by atoms with van der Waals surface area (Å²) in [4.78, 5) is 13.6. The Labute approximate surface area is 73.6 Å². The number of aryl methyl sites for hydroxylation is 2. The molecule has 0 saturated carbocycles. The summed E-state index contributed by atoms with van der Waals surface area (Å²) in [5.74, 6) is -0.0237. The fraction of sp³-hybridized carbons (Fsp3) is 0.250. The number of nitrogens with zero attached hydrogens (tertiary/aromatic N) is 2. The van der Waals surface area contributed by atoms with Crippen molar-refractivity contribution < 1.29 is 5.11 Å². The van der Waals surface area contributed by atoms with E-state index in [1.807, 2.05) is 0 Å². The van der Waals surface area contributed by atoms with Gasteiger partial charge in [-0.2, -0.15) is 5.10 Å². The van der Waals surface area contributed by atoms with E-state index in [0.717, 1.165) is 6.07 Å². The fourth-order valence-electron chi connectivity index (χ4n) is 1.46. The van der Waals surface area contributed by atoms with Crippen LogP contribution in [-0.4, -0.2) is 19.9 Å². The number of aromatic amines is 1. The SMILES string of the molecule is Cc1nn(C)c2[nH]c(=O)cc(O)c12. The Morgan fingerprint density at radius 2 is 2.31 bits per heavy atom. The van der Waals surface area contributed by atoms with Crippen LogP contribution in [0.1, 0.15) is 5.69 Å². The molecule has 13 heavy (non-hydrogen) atoms. The molecule has 0 aliphatic heterocycles. The summed E-state index contributed by atoms with van der Waals surface area (Å²) in [7, 11) is 1.71. The van der Waals surface area contributed by atoms with Gasteiger partial charge in [0.1, 0.15) is 11.4 Å². The smallest absolute Gasteiger partial charge is 0.253 e. The molecule has 0 atom stereocenters. The van der Waals surface area contributed by atoms with Crippen LogP contribution in [0.25, 0.3) is 11.0 Å². The highest BCUT2D eigenvalue weighted by Crippen LogP contribution is 2.22. The van der Waals surface area contributed by atoms with Crippen molar-refractivity contribution >= 4 is 11.0 Å². The second-order valence-electron chi connectivity index (χ2n) is 2.95. The molecule has 0 amide bonds. The van der Waals surface area contributed by atoms with Crippen molar-refractivity contribution in [3.63, 3.8) is 0 Å². The third-order valence-electron chi connectivity index (χ3n) is 1.99. The molecule has 5 heteroatoms. The molecule has 0 unspecified atom stereocenters. The first-order chi connectivity index (χ1) is 6.09. The molecule has 2 rings (SSSR count). The number of hydrogen-bond acceptors (Lipinski definition) is 3. The van der Waals surface area contributed by atoms with Gasteiger partial charge in [0.2, 0.25) is 0 Å². The molecule has 2 N–H and O–H groups in total. The molecule has 0 aliphatic carbocycles. The first-order valence-electron chi connectivity index (χ1n) is 3.85. The zero-order chi connectivity index (χ0) is 9.59. The Hall–Kier alpha value is -1.78. The monoisotopic (exact) mass is 179 g/mol. The highest BCUT2D eigenvalue weighted by atomic mass is 16.3. The van der Waals surface area contributed by atoms with E-state index in [2.05, 4.69) is 10.1 Å². The van der Waals surface area contributed by atoms with E-state index in [1.54, 1.807) is 14.0 Å². The topological polar surface area (TPSA) is 70.9 Å². The summed E-state index contributed by atoms with van der Waals surface area (Å²) in [6.45, 7) is 1.78. The minimum Gasteiger partial charge on any atom is -0.507 e. The number of H-pyrrole nitrogens is 1. The lowest BCUT2D eigenvalue weighted by molar-refractivity contribution is 0.480. The summed E-state index contributed by atoms with van der Waals surface area (Å²) in [5.41, 5.74) is 0.918. The van der Waals surface area contributed by atoms with Crippen molar-refractivity contribution in [1.82, 2.24) is 14.8 Å². The third-order valence-corrected chi connectivity index (χ3v) is 1.99. The van der Waals surface area contributed by atoms with Crippen molar-refractivity contribution in [3.05, 3.63) is 22.1 Å². The van der Waals surface area contributed by atoms with Gasteiger partial charge in [-0.15, -0.1) is 0 Å². The zero-order valence-corrected chi connectivity index (χ0v) is 7.33. The van der Waals surface area contributed by atoms with Crippen LogP contribution >= 0.6 is 0 Å². The Balaban J connectivity index is 3.06. The molecule has 0 aromatic carbocycles. The number of rotatable bonds is 0. The van der Waals surface area contributed by atoms with Crippen LogP contribution in [0.4, 0.5) is 0 Å². The Morgan fingerprint density at radius 1 is 1.62 bits per heavy atom. The first kappa shape index (κ1) is 7.85. The second-order valence-corrected chi connectivity index (χ2v) is 2.95. The third kappa shape index (κ3) is 1.00. The number of fused-ring (bicyclic) bond motifs is 1. The van der Waals surface area contributed by atoms with Gasteiger partial charge in [-0.3, -0.25) is 9.48 Å². The van der Waals surface area contributed by atoms with E-state index in [9.17, 15) is 9.90 Å². The molecule has 0 spiro atoms. The van der Waals surface area contributed by atoms with E-state index >= 15 is 0 Å². The van der Waals surface area contributed by atoms with Gasteiger partial charge in [-0.25, -0.2) is 0 Å². The van der Waals surface area contributed by atoms with Crippen LogP contribution in [-0.2, 0) is 7.05 Å². The molecule has 0 bridgehead atoms. The molecule has 5 nitrogen and oxygen atoms in total. The van der Waals surface area contributed by atoms with E-state index < -0.39 is 0 Å². The standard InChI is InChI=1S/C8H9N3O2/c1-4-7-5(12)3-6(13)9-8(7)11(2)10-4/h3H,1-2H3,(H2,9,12,13). The number of aromatic hydroxyl groups is 1. The van der Waals surface area contributed by atoms with Gasteiger partial charge >= 0.3 is 0 Å². The van der Waals surface area contributed by atoms with Gasteiger partial charge in [0.05, 0.1) is 11.1 Å². The normalized spacial score (nSPS) is 10.9. The maximum atomic E-state index is 11.0. The summed E-state index contributed by atoms with van der Waals surface area (Å²) in [6.07, 6.45) is 0. The Kier molecular flexibility index (Phi) is 1.42. The van der Waals surface area contributed by atoms with Crippen molar-refractivity contribution in [1.29, 1.82) is 0 Å². The molecule has 0 aliphatic rings. The zero-order valence-electron chi connectivity index (χ0n) is 7.33. The fourth-order valence-corrected chi connectivity index (χ4v) is 1.46. The van der Waals surface area contributed by atoms with E-state index in [1.165, 1.54) is 4.68 Å². The van der Waals surface area contributed by atoms with Crippen LogP contribution in [0.3, 0.4) is 0 Å². The predicted molar refractivity (Wildman–Crippen MR) is 47.7 cm³/mol. The van der Waals surface area contributed by atoms with Crippen LogP contribution in [0.5, 0.6) is 5.75 Å². The number of pyridine rings is 1. The maximum Gasteiger partial charge on any atom is 0.253 e. The summed E-state index contributed by atoms with van der Waals surface area (Å²) < 4.78 is 1.53. The minimum absolute atomic E-state index is 0.0237. The first-order valence-corrected chi connectivity index (χ1v) is 3.85. The Bertz CT molecular complexity index is 524. The van der Waals surface area contributed by atoms with Crippen LogP contribution in [0.15, 0.2) is 10.9 Å². The Morgan fingerprint density at radius 3 is 3.00 bits per heavy atom. The molecular weight excluding hydrogens is 170 g/mol. The van der Waals surface area contributed by atoms with Gasteiger partial charge in [0.15, 0.2) is 0 Å². The second kappa shape index (κ2) is 2.35. The lowest BCUT2D eigenvalue weighted by atomic mass is 10.2. The van der Waals surface area contributed by atoms with E-state index in [-0.39, 0.29) is 11.3 Å². The van der Waals surface area contributed by atoms with E-state index in [0.29, 0.717) is 16.7 Å². The molecule has 0 fully saturated rings. The average Bonchev–Trinajstić information content (AvgIpc) is 2.27. The molecule has 2 heterocycles. The number of hydrogen-bond donors (Lipinski definition) is 2. The van der Waals surface area contributed by atoms with Gasteiger partial charge in [0, 0.05) is 13.1 Å². The quantitative estimate of drug-likeness (QED) is 0.610. The number of nitrogens with one attached hydrogen (secondary N) is 1. The van der Waals surface area contributed by atoms with E-state index in [4.69, 9.17) is 0 Å². The van der Waals surface area contributed by atoms with Crippen molar-refractivity contribution in [2.24, 2.45) is 7.05 Å². The maximum absolute atomic E-state index is 11.0. The van der Waals surface area contributed by atoms with Gasteiger partial charge in [0.25, 0.3) is 5.56 Å². The van der Waals surface area contributed by atoms with Crippen LogP contribution < -0.4 is 5.56 Å². The largest absolute Gasteiger partial charge is 0.507 e. The summed E-state index contributed by atoms with van der Waals surface area (Å²) >= 11 is 0. The van der Waals surface area contributed by atoms with Gasteiger partial charge in [-0.1, -0.05) is 0 Å². The van der Waals surface area contributed by atoms with Crippen molar-refractivity contribution in [2.75, 3.05) is 0 Å². The molecule has 2 aromatic rings. The predicted octanol–water partition coefficient (Wildman–Crippen LogP) is 0.276. The molecule has 2 aromatic heterocycles. The summed E-state index contributed by atoms with van der Waals surface area (Å²) in [5, 5.41) is 14.2. The lowest BCUT2D eigenvalue weighted by Gasteiger charge is -1.95. The lowest BCUT2D eigenvalue weighted by Crippen LogP contribution is -2.05. The minimum atomic E-state index is -0.326. The van der Waals surface area contributed by atoms with Crippen molar-refractivity contribution in [3.8, 4) is 5.75 Å². The molecule has 0 saturated heterocycles. The highest BCUT2D eigenvalue weighted by Gasteiger charge is 2.09.